The van der Waals surface area contributed by atoms with Gasteiger partial charge in [-0.25, -0.2) is 0 Å². The van der Waals surface area contributed by atoms with Gasteiger partial charge in [0.25, 0.3) is 0 Å². The molecule has 1 heteroatoms. The van der Waals surface area contributed by atoms with E-state index >= 15 is 0 Å². The first-order chi connectivity index (χ1) is 12.1. The van der Waals surface area contributed by atoms with Crippen molar-refractivity contribution in [2.75, 3.05) is 0 Å². The van der Waals surface area contributed by atoms with Crippen LogP contribution in [0.25, 0.3) is 35.2 Å². The van der Waals surface area contributed by atoms with E-state index in [1.165, 1.54) is 21.4 Å². The van der Waals surface area contributed by atoms with Gasteiger partial charge in [-0.2, -0.15) is 0 Å². The molecule has 1 unspecified atom stereocenters. The predicted molar refractivity (Wildman–Crippen MR) is 110 cm³/mol. The van der Waals surface area contributed by atoms with Gasteiger partial charge in [0.2, 0.25) is 0 Å². The monoisotopic (exact) mass is 323 g/mol. The number of hydrogen-bond donors (Lipinski definition) is 1. The summed E-state index contributed by atoms with van der Waals surface area (Å²) in [5, 5.41) is 3.71. The van der Waals surface area contributed by atoms with Gasteiger partial charge in [0.05, 0.1) is 0 Å². The molecule has 1 atom stereocenters. The molecule has 1 aromatic heterocycles. The molecule has 122 valence electrons. The van der Waals surface area contributed by atoms with Crippen molar-refractivity contribution in [2.45, 2.75) is 12.3 Å². The summed E-state index contributed by atoms with van der Waals surface area (Å²) in [5.74, 6) is 0. The van der Waals surface area contributed by atoms with E-state index in [4.69, 9.17) is 0 Å². The van der Waals surface area contributed by atoms with Crippen LogP contribution >= 0.6 is 0 Å². The van der Waals surface area contributed by atoms with Crippen molar-refractivity contribution in [3.63, 3.8) is 0 Å². The highest BCUT2D eigenvalue weighted by Crippen LogP contribution is 2.33. The van der Waals surface area contributed by atoms with Crippen molar-refractivity contribution in [2.24, 2.45) is 0 Å². The number of nitrogens with one attached hydrogen (secondary N) is 1. The zero-order valence-electron chi connectivity index (χ0n) is 14.4. The minimum atomic E-state index is -0.165. The van der Waals surface area contributed by atoms with Crippen LogP contribution in [-0.4, -0.2) is 4.98 Å². The molecule has 0 radical (unpaired) electrons. The molecule has 0 bridgehead atoms. The van der Waals surface area contributed by atoms with Crippen LogP contribution in [0.4, 0.5) is 0 Å². The SMILES string of the molecule is C=Cc1[nH]c2ccc(C3(C)C=CC=c4ccccc4=C3)cc2c1C=C. The summed E-state index contributed by atoms with van der Waals surface area (Å²) in [6.07, 6.45) is 12.7. The van der Waals surface area contributed by atoms with Crippen LogP contribution in [0.15, 0.2) is 67.8 Å². The van der Waals surface area contributed by atoms with Crippen molar-refractivity contribution in [3.05, 3.63) is 95.0 Å². The zero-order valence-corrected chi connectivity index (χ0v) is 14.4. The minimum absolute atomic E-state index is 0.165. The number of H-pyrrole nitrogens is 1. The molecule has 0 saturated heterocycles. The van der Waals surface area contributed by atoms with Crippen molar-refractivity contribution in [3.8, 4) is 0 Å². The fourth-order valence-corrected chi connectivity index (χ4v) is 3.65. The Morgan fingerprint density at radius 2 is 1.80 bits per heavy atom. The molecule has 25 heavy (non-hydrogen) atoms. The first-order valence-corrected chi connectivity index (χ1v) is 8.53. The van der Waals surface area contributed by atoms with Gasteiger partial charge >= 0.3 is 0 Å². The Morgan fingerprint density at radius 1 is 1.00 bits per heavy atom. The normalized spacial score (nSPS) is 18.8. The third kappa shape index (κ3) is 2.49. The van der Waals surface area contributed by atoms with Gasteiger partial charge in [0.1, 0.15) is 0 Å². The lowest BCUT2D eigenvalue weighted by molar-refractivity contribution is 0.806. The second-order valence-corrected chi connectivity index (χ2v) is 6.70. The predicted octanol–water partition coefficient (Wildman–Crippen LogP) is 4.54. The maximum Gasteiger partial charge on any atom is 0.0465 e. The van der Waals surface area contributed by atoms with E-state index in [1.54, 1.807) is 0 Å². The molecule has 0 fully saturated rings. The van der Waals surface area contributed by atoms with Crippen LogP contribution in [0.3, 0.4) is 0 Å². The Morgan fingerprint density at radius 3 is 2.56 bits per heavy atom. The summed E-state index contributed by atoms with van der Waals surface area (Å²) in [4.78, 5) is 3.41. The number of hydrogen-bond acceptors (Lipinski definition) is 0. The molecule has 1 aliphatic carbocycles. The van der Waals surface area contributed by atoms with E-state index in [9.17, 15) is 0 Å². The minimum Gasteiger partial charge on any atom is -0.355 e. The molecule has 0 spiro atoms. The van der Waals surface area contributed by atoms with Gasteiger partial charge < -0.3 is 4.98 Å². The van der Waals surface area contributed by atoms with Gasteiger partial charge in [-0.1, -0.05) is 73.9 Å². The van der Waals surface area contributed by atoms with Crippen LogP contribution < -0.4 is 10.4 Å². The van der Waals surface area contributed by atoms with Crippen LogP contribution in [0.1, 0.15) is 23.7 Å². The van der Waals surface area contributed by atoms with Crippen molar-refractivity contribution in [1.29, 1.82) is 0 Å². The lowest BCUT2D eigenvalue weighted by Crippen LogP contribution is -2.27. The Balaban J connectivity index is 1.96. The number of aromatic amines is 1. The molecular formula is C24H21N. The number of allylic oxidation sites excluding steroid dienone is 2. The highest BCUT2D eigenvalue weighted by atomic mass is 14.7. The topological polar surface area (TPSA) is 15.8 Å². The van der Waals surface area contributed by atoms with Crippen molar-refractivity contribution < 1.29 is 0 Å². The second kappa shape index (κ2) is 5.78. The van der Waals surface area contributed by atoms with Gasteiger partial charge in [-0.05, 0) is 41.1 Å². The first-order valence-electron chi connectivity index (χ1n) is 8.53. The maximum atomic E-state index is 3.97. The summed E-state index contributed by atoms with van der Waals surface area (Å²) >= 11 is 0. The van der Waals surface area contributed by atoms with Crippen LogP contribution in [0.2, 0.25) is 0 Å². The quantitative estimate of drug-likeness (QED) is 0.728. The molecule has 0 amide bonds. The van der Waals surface area contributed by atoms with E-state index in [0.29, 0.717) is 0 Å². The highest BCUT2D eigenvalue weighted by Gasteiger charge is 2.22. The standard InChI is InChI=1S/C24H21N/c1-4-20-21-15-19(12-13-23(21)25-22(20)5-2)24(3)14-8-11-17-9-6-7-10-18(17)16-24/h4-16,25H,1-2H2,3H3. The summed E-state index contributed by atoms with van der Waals surface area (Å²) < 4.78 is 0. The molecule has 2 aromatic carbocycles. The van der Waals surface area contributed by atoms with Gasteiger partial charge in [-0.15, -0.1) is 0 Å². The summed E-state index contributed by atoms with van der Waals surface area (Å²) in [6, 6.07) is 15.1. The summed E-state index contributed by atoms with van der Waals surface area (Å²) in [5.41, 5.74) is 4.34. The molecule has 0 saturated carbocycles. The Labute approximate surface area is 148 Å². The lowest BCUT2D eigenvalue weighted by atomic mass is 9.81. The van der Waals surface area contributed by atoms with E-state index in [1.807, 2.05) is 12.2 Å². The van der Waals surface area contributed by atoms with E-state index in [2.05, 4.69) is 91.8 Å². The summed E-state index contributed by atoms with van der Waals surface area (Å²) in [7, 11) is 0. The molecule has 1 aliphatic rings. The number of aromatic nitrogens is 1. The zero-order chi connectivity index (χ0) is 17.4. The van der Waals surface area contributed by atoms with E-state index < -0.39 is 0 Å². The molecule has 1 nitrogen and oxygen atoms in total. The van der Waals surface area contributed by atoms with Gasteiger partial charge in [0, 0.05) is 27.6 Å². The van der Waals surface area contributed by atoms with Gasteiger partial charge in [0.15, 0.2) is 0 Å². The average molecular weight is 323 g/mol. The maximum absolute atomic E-state index is 3.97. The molecule has 3 aromatic rings. The lowest BCUT2D eigenvalue weighted by Gasteiger charge is -2.22. The molecule has 4 rings (SSSR count). The third-order valence-electron chi connectivity index (χ3n) is 5.07. The highest BCUT2D eigenvalue weighted by molar-refractivity contribution is 5.93. The molecular weight excluding hydrogens is 302 g/mol. The second-order valence-electron chi connectivity index (χ2n) is 6.70. The fourth-order valence-electron chi connectivity index (χ4n) is 3.65. The average Bonchev–Trinajstić information content (AvgIpc) is 2.89. The van der Waals surface area contributed by atoms with Crippen LogP contribution in [-0.2, 0) is 5.41 Å². The van der Waals surface area contributed by atoms with Gasteiger partial charge in [-0.3, -0.25) is 0 Å². The Bertz CT molecular complexity index is 1140. The van der Waals surface area contributed by atoms with E-state index in [-0.39, 0.29) is 5.41 Å². The van der Waals surface area contributed by atoms with Crippen molar-refractivity contribution in [1.82, 2.24) is 4.98 Å². The molecule has 1 heterocycles. The number of rotatable bonds is 3. The van der Waals surface area contributed by atoms with Crippen molar-refractivity contribution >= 4 is 35.2 Å². The Hall–Kier alpha value is -3.06. The molecule has 1 N–H and O–H groups in total. The third-order valence-corrected chi connectivity index (χ3v) is 5.07. The van der Waals surface area contributed by atoms with E-state index in [0.717, 1.165) is 16.8 Å². The first kappa shape index (κ1) is 15.5. The fraction of sp³-hybridized carbons (Fsp3) is 0.0833. The molecule has 0 aliphatic heterocycles. The van der Waals surface area contributed by atoms with Crippen LogP contribution in [0.5, 0.6) is 0 Å². The largest absolute Gasteiger partial charge is 0.355 e. The smallest absolute Gasteiger partial charge is 0.0465 e. The summed E-state index contributed by atoms with van der Waals surface area (Å²) in [6.45, 7) is 10.1. The number of fused-ring (bicyclic) bond motifs is 2. The number of benzene rings is 2. The van der Waals surface area contributed by atoms with Crippen LogP contribution in [0, 0.1) is 0 Å². The Kier molecular flexibility index (Phi) is 3.58.